The molecule has 0 atom stereocenters. The molecule has 0 fully saturated rings. The van der Waals surface area contributed by atoms with Gasteiger partial charge in [-0.2, -0.15) is 0 Å². The zero-order valence-electron chi connectivity index (χ0n) is 16.3. The third kappa shape index (κ3) is 5.89. The minimum atomic E-state index is -0.561. The number of hydrogen-bond donors (Lipinski definition) is 2. The van der Waals surface area contributed by atoms with E-state index in [0.29, 0.717) is 27.7 Å². The number of amides is 1. The maximum Gasteiger partial charge on any atom is 0.340 e. The van der Waals surface area contributed by atoms with Crippen LogP contribution in [-0.2, 0) is 9.53 Å². The standard InChI is InChI=1S/C21H25ClN2O4/c1-4-5-10-23-17-9-7-6-8-15(17)21(26)28-13-20(25)24-18-11-14(2)16(22)12-19(18)27-3/h6-9,11-12,23H,4-5,10,13H2,1-3H3,(H,24,25). The molecule has 0 spiro atoms. The van der Waals surface area contributed by atoms with Crippen LogP contribution in [0.3, 0.4) is 0 Å². The number of carbonyl (C=O) groups is 2. The summed E-state index contributed by atoms with van der Waals surface area (Å²) in [5.74, 6) is -0.598. The Kier molecular flexibility index (Phi) is 8.14. The number of aryl methyl sites for hydroxylation is 1. The van der Waals surface area contributed by atoms with Gasteiger partial charge < -0.3 is 20.1 Å². The van der Waals surface area contributed by atoms with Gasteiger partial charge in [-0.1, -0.05) is 37.1 Å². The van der Waals surface area contributed by atoms with Crippen molar-refractivity contribution >= 4 is 34.9 Å². The number of anilines is 2. The summed E-state index contributed by atoms with van der Waals surface area (Å²) in [5.41, 5.74) is 2.34. The van der Waals surface area contributed by atoms with Gasteiger partial charge in [-0.25, -0.2) is 4.79 Å². The molecule has 150 valence electrons. The monoisotopic (exact) mass is 404 g/mol. The summed E-state index contributed by atoms with van der Waals surface area (Å²) in [6.07, 6.45) is 2.04. The van der Waals surface area contributed by atoms with Gasteiger partial charge in [0, 0.05) is 23.3 Å². The van der Waals surface area contributed by atoms with Crippen molar-refractivity contribution in [2.24, 2.45) is 0 Å². The summed E-state index contributed by atoms with van der Waals surface area (Å²) in [6, 6.07) is 10.4. The molecule has 2 aromatic carbocycles. The van der Waals surface area contributed by atoms with Crippen molar-refractivity contribution in [3.63, 3.8) is 0 Å². The van der Waals surface area contributed by atoms with Crippen LogP contribution in [-0.4, -0.2) is 32.1 Å². The van der Waals surface area contributed by atoms with Gasteiger partial charge in [0.1, 0.15) is 5.75 Å². The molecule has 2 rings (SSSR count). The third-order valence-corrected chi connectivity index (χ3v) is 4.49. The maximum absolute atomic E-state index is 12.4. The molecule has 1 amide bonds. The van der Waals surface area contributed by atoms with Crippen LogP contribution in [0.1, 0.15) is 35.7 Å². The Hall–Kier alpha value is -2.73. The average molecular weight is 405 g/mol. The van der Waals surface area contributed by atoms with Gasteiger partial charge in [-0.05, 0) is 37.1 Å². The van der Waals surface area contributed by atoms with Crippen LogP contribution in [0.15, 0.2) is 36.4 Å². The molecule has 0 heterocycles. The van der Waals surface area contributed by atoms with Crippen LogP contribution in [0, 0.1) is 6.92 Å². The summed E-state index contributed by atoms with van der Waals surface area (Å²) in [5, 5.41) is 6.43. The van der Waals surface area contributed by atoms with Crippen molar-refractivity contribution < 1.29 is 19.1 Å². The molecule has 28 heavy (non-hydrogen) atoms. The first kappa shape index (κ1) is 21.6. The zero-order valence-corrected chi connectivity index (χ0v) is 17.1. The third-order valence-electron chi connectivity index (χ3n) is 4.08. The van der Waals surface area contributed by atoms with Crippen LogP contribution in [0.2, 0.25) is 5.02 Å². The van der Waals surface area contributed by atoms with Crippen molar-refractivity contribution in [3.8, 4) is 5.75 Å². The number of benzene rings is 2. The molecule has 0 unspecified atom stereocenters. The Balaban J connectivity index is 1.98. The lowest BCUT2D eigenvalue weighted by atomic mass is 10.1. The van der Waals surface area contributed by atoms with E-state index in [2.05, 4.69) is 17.6 Å². The number of halogens is 1. The number of carbonyl (C=O) groups excluding carboxylic acids is 2. The van der Waals surface area contributed by atoms with E-state index in [0.717, 1.165) is 24.9 Å². The first-order valence-electron chi connectivity index (χ1n) is 9.10. The molecule has 0 radical (unpaired) electrons. The first-order chi connectivity index (χ1) is 13.5. The minimum Gasteiger partial charge on any atom is -0.495 e. The molecule has 6 nitrogen and oxygen atoms in total. The minimum absolute atomic E-state index is 0.395. The highest BCUT2D eigenvalue weighted by molar-refractivity contribution is 6.31. The van der Waals surface area contributed by atoms with Crippen molar-refractivity contribution in [1.82, 2.24) is 0 Å². The van der Waals surface area contributed by atoms with Gasteiger partial charge in [-0.3, -0.25) is 4.79 Å². The normalized spacial score (nSPS) is 10.3. The number of rotatable bonds is 9. The number of ether oxygens (including phenoxy) is 2. The number of para-hydroxylation sites is 1. The highest BCUT2D eigenvalue weighted by atomic mass is 35.5. The van der Waals surface area contributed by atoms with Gasteiger partial charge in [-0.15, -0.1) is 0 Å². The second-order valence-electron chi connectivity index (χ2n) is 6.25. The number of hydrogen-bond acceptors (Lipinski definition) is 5. The Morgan fingerprint density at radius 2 is 1.89 bits per heavy atom. The van der Waals surface area contributed by atoms with Gasteiger partial charge >= 0.3 is 5.97 Å². The lowest BCUT2D eigenvalue weighted by molar-refractivity contribution is -0.119. The summed E-state index contributed by atoms with van der Waals surface area (Å²) < 4.78 is 10.4. The fourth-order valence-electron chi connectivity index (χ4n) is 2.54. The topological polar surface area (TPSA) is 76.7 Å². The van der Waals surface area contributed by atoms with Crippen LogP contribution < -0.4 is 15.4 Å². The van der Waals surface area contributed by atoms with E-state index in [1.165, 1.54) is 7.11 Å². The fourth-order valence-corrected chi connectivity index (χ4v) is 2.69. The molecule has 0 saturated carbocycles. The zero-order chi connectivity index (χ0) is 20.5. The van der Waals surface area contributed by atoms with Gasteiger partial charge in [0.15, 0.2) is 6.61 Å². The molecule has 2 aromatic rings. The average Bonchev–Trinajstić information content (AvgIpc) is 2.69. The SMILES string of the molecule is CCCCNc1ccccc1C(=O)OCC(=O)Nc1cc(C)c(Cl)cc1OC. The van der Waals surface area contributed by atoms with E-state index < -0.39 is 18.5 Å². The molecular weight excluding hydrogens is 380 g/mol. The number of nitrogens with one attached hydrogen (secondary N) is 2. The Bertz CT molecular complexity index is 839. The molecule has 0 saturated heterocycles. The van der Waals surface area contributed by atoms with Crippen LogP contribution in [0.5, 0.6) is 5.75 Å². The smallest absolute Gasteiger partial charge is 0.340 e. The molecule has 0 aromatic heterocycles. The van der Waals surface area contributed by atoms with Gasteiger partial charge in [0.25, 0.3) is 5.91 Å². The Morgan fingerprint density at radius 1 is 1.14 bits per heavy atom. The molecule has 2 N–H and O–H groups in total. The maximum atomic E-state index is 12.4. The fraction of sp³-hybridized carbons (Fsp3) is 0.333. The molecule has 0 aliphatic carbocycles. The second kappa shape index (κ2) is 10.6. The molecule has 0 bridgehead atoms. The Morgan fingerprint density at radius 3 is 2.61 bits per heavy atom. The van der Waals surface area contributed by atoms with Crippen LogP contribution in [0.25, 0.3) is 0 Å². The molecule has 0 aliphatic heterocycles. The number of esters is 1. The highest BCUT2D eigenvalue weighted by Crippen LogP contribution is 2.30. The van der Waals surface area contributed by atoms with Crippen molar-refractivity contribution in [2.75, 3.05) is 30.9 Å². The quantitative estimate of drug-likeness (QED) is 0.469. The van der Waals surface area contributed by atoms with E-state index in [1.807, 2.05) is 19.1 Å². The van der Waals surface area contributed by atoms with Crippen molar-refractivity contribution in [3.05, 3.63) is 52.5 Å². The number of unbranched alkanes of at least 4 members (excludes halogenated alkanes) is 1. The molecular formula is C21H25ClN2O4. The van der Waals surface area contributed by atoms with Crippen LogP contribution in [0.4, 0.5) is 11.4 Å². The van der Waals surface area contributed by atoms with E-state index >= 15 is 0 Å². The predicted octanol–water partition coefficient (Wildman–Crippen LogP) is 4.66. The van der Waals surface area contributed by atoms with E-state index in [1.54, 1.807) is 24.3 Å². The summed E-state index contributed by atoms with van der Waals surface area (Å²) in [6.45, 7) is 4.27. The largest absolute Gasteiger partial charge is 0.495 e. The lowest BCUT2D eigenvalue weighted by Crippen LogP contribution is -2.22. The van der Waals surface area contributed by atoms with Gasteiger partial charge in [0.2, 0.25) is 0 Å². The van der Waals surface area contributed by atoms with Crippen LogP contribution >= 0.6 is 11.6 Å². The first-order valence-corrected chi connectivity index (χ1v) is 9.48. The Labute approximate surface area is 170 Å². The summed E-state index contributed by atoms with van der Waals surface area (Å²) >= 11 is 6.06. The summed E-state index contributed by atoms with van der Waals surface area (Å²) in [7, 11) is 1.49. The van der Waals surface area contributed by atoms with Crippen molar-refractivity contribution in [2.45, 2.75) is 26.7 Å². The lowest BCUT2D eigenvalue weighted by Gasteiger charge is -2.13. The highest BCUT2D eigenvalue weighted by Gasteiger charge is 2.15. The molecule has 7 heteroatoms. The number of methoxy groups -OCH3 is 1. The second-order valence-corrected chi connectivity index (χ2v) is 6.66. The van der Waals surface area contributed by atoms with E-state index in [4.69, 9.17) is 21.1 Å². The predicted molar refractivity (Wildman–Crippen MR) is 111 cm³/mol. The van der Waals surface area contributed by atoms with Gasteiger partial charge in [0.05, 0.1) is 18.4 Å². The summed E-state index contributed by atoms with van der Waals surface area (Å²) in [4.78, 5) is 24.6. The van der Waals surface area contributed by atoms with Crippen molar-refractivity contribution in [1.29, 1.82) is 0 Å². The van der Waals surface area contributed by atoms with E-state index in [9.17, 15) is 9.59 Å². The van der Waals surface area contributed by atoms with E-state index in [-0.39, 0.29) is 0 Å². The molecule has 0 aliphatic rings.